The number of hydrogen-bond donors (Lipinski definition) is 1. The van der Waals surface area contributed by atoms with Crippen LogP contribution in [0.4, 0.5) is 4.39 Å². The van der Waals surface area contributed by atoms with Gasteiger partial charge in [-0.2, -0.15) is 4.39 Å². The van der Waals surface area contributed by atoms with Gasteiger partial charge in [0, 0.05) is 28.8 Å². The molecular formula is C23H13ClFN3O. The molecule has 3 heterocycles. The van der Waals surface area contributed by atoms with Gasteiger partial charge in [-0.1, -0.05) is 48.0 Å². The minimum atomic E-state index is -0.721. The second kappa shape index (κ2) is 6.79. The molecule has 0 saturated heterocycles. The number of H-pyrrole nitrogens is 1. The lowest BCUT2D eigenvalue weighted by molar-refractivity contribution is 0.587. The molecule has 4 nitrogen and oxygen atoms in total. The number of nitrogens with zero attached hydrogens (tertiary/aromatic N) is 2. The van der Waals surface area contributed by atoms with Gasteiger partial charge in [0.15, 0.2) is 11.4 Å². The molecule has 0 fully saturated rings. The maximum Gasteiger partial charge on any atom is 0.196 e. The first-order valence-corrected chi connectivity index (χ1v) is 9.31. The molecule has 0 aliphatic rings. The molecule has 140 valence electrons. The molecule has 3 aromatic heterocycles. The minimum Gasteiger partial charge on any atom is -0.316 e. The van der Waals surface area contributed by atoms with E-state index >= 15 is 0 Å². The molecule has 0 bridgehead atoms. The Kier molecular flexibility index (Phi) is 4.11. The van der Waals surface area contributed by atoms with Crippen molar-refractivity contribution in [2.75, 3.05) is 0 Å². The molecule has 2 aromatic carbocycles. The van der Waals surface area contributed by atoms with Crippen molar-refractivity contribution in [2.24, 2.45) is 0 Å². The van der Waals surface area contributed by atoms with E-state index < -0.39 is 11.4 Å². The summed E-state index contributed by atoms with van der Waals surface area (Å²) in [5.41, 5.74) is 3.47. The molecule has 6 heteroatoms. The maximum atomic E-state index is 13.8. The highest BCUT2D eigenvalue weighted by Crippen LogP contribution is 2.36. The molecular weight excluding hydrogens is 389 g/mol. The van der Waals surface area contributed by atoms with Gasteiger partial charge in [0.2, 0.25) is 0 Å². The van der Waals surface area contributed by atoms with Crippen molar-refractivity contribution in [3.8, 4) is 22.4 Å². The number of fused-ring (bicyclic) bond motifs is 2. The van der Waals surface area contributed by atoms with Crippen LogP contribution in [0.25, 0.3) is 44.3 Å². The fourth-order valence-corrected chi connectivity index (χ4v) is 3.75. The largest absolute Gasteiger partial charge is 0.316 e. The second-order valence-corrected chi connectivity index (χ2v) is 7.07. The van der Waals surface area contributed by atoms with Crippen molar-refractivity contribution in [3.05, 3.63) is 94.1 Å². The average Bonchev–Trinajstić information content (AvgIpc) is 2.73. The van der Waals surface area contributed by atoms with Gasteiger partial charge >= 0.3 is 0 Å². The van der Waals surface area contributed by atoms with Gasteiger partial charge in [-0.15, -0.1) is 0 Å². The van der Waals surface area contributed by atoms with Gasteiger partial charge in [0.1, 0.15) is 5.65 Å². The van der Waals surface area contributed by atoms with E-state index in [-0.39, 0.29) is 5.65 Å². The first kappa shape index (κ1) is 17.5. The lowest BCUT2D eigenvalue weighted by Gasteiger charge is -2.13. The molecule has 0 radical (unpaired) electrons. The van der Waals surface area contributed by atoms with E-state index in [1.165, 1.54) is 0 Å². The first-order chi connectivity index (χ1) is 14.1. The summed E-state index contributed by atoms with van der Waals surface area (Å²) in [7, 11) is 0. The SMILES string of the molecule is O=c1cc(F)[nH]c2nc(-c3ccccc3)c(-c3cc(Cl)c4ncccc4c3)cc12. The molecule has 0 aliphatic carbocycles. The van der Waals surface area contributed by atoms with Crippen molar-refractivity contribution in [2.45, 2.75) is 0 Å². The average molecular weight is 402 g/mol. The summed E-state index contributed by atoms with van der Waals surface area (Å²) in [5.74, 6) is -0.721. The third-order valence-electron chi connectivity index (χ3n) is 4.80. The van der Waals surface area contributed by atoms with E-state index in [4.69, 9.17) is 11.6 Å². The van der Waals surface area contributed by atoms with Gasteiger partial charge < -0.3 is 4.98 Å². The number of aromatic nitrogens is 3. The number of rotatable bonds is 2. The Labute approximate surface area is 169 Å². The minimum absolute atomic E-state index is 0.200. The fraction of sp³-hybridized carbons (Fsp3) is 0. The first-order valence-electron chi connectivity index (χ1n) is 8.94. The van der Waals surface area contributed by atoms with Gasteiger partial charge in [0.25, 0.3) is 0 Å². The molecule has 0 unspecified atom stereocenters. The number of aromatic amines is 1. The van der Waals surface area contributed by atoms with E-state index in [0.29, 0.717) is 21.6 Å². The number of halogens is 2. The number of nitrogens with one attached hydrogen (secondary N) is 1. The summed E-state index contributed by atoms with van der Waals surface area (Å²) in [4.78, 5) is 23.8. The van der Waals surface area contributed by atoms with Crippen LogP contribution in [0, 0.1) is 5.95 Å². The van der Waals surface area contributed by atoms with E-state index in [0.717, 1.165) is 28.1 Å². The van der Waals surface area contributed by atoms with Crippen LogP contribution in [0.3, 0.4) is 0 Å². The molecule has 0 saturated carbocycles. The van der Waals surface area contributed by atoms with Gasteiger partial charge in [-0.25, -0.2) is 4.98 Å². The standard InChI is InChI=1S/C23H13ClFN3O/c24-18-10-15(9-14-7-4-8-26-22(14)18)16-11-17-19(29)12-20(25)27-23(17)28-21(16)13-5-2-1-3-6-13/h1-12H,(H,27,28,29). The van der Waals surface area contributed by atoms with Gasteiger partial charge in [-0.3, -0.25) is 9.78 Å². The van der Waals surface area contributed by atoms with Gasteiger partial charge in [-0.05, 0) is 29.8 Å². The lowest BCUT2D eigenvalue weighted by atomic mass is 9.97. The topological polar surface area (TPSA) is 58.6 Å². The van der Waals surface area contributed by atoms with Crippen molar-refractivity contribution in [3.63, 3.8) is 0 Å². The van der Waals surface area contributed by atoms with Crippen LogP contribution in [-0.2, 0) is 0 Å². The predicted octanol–water partition coefficient (Wildman–Crippen LogP) is 5.60. The predicted molar refractivity (Wildman–Crippen MR) is 114 cm³/mol. The van der Waals surface area contributed by atoms with E-state index in [9.17, 15) is 9.18 Å². The summed E-state index contributed by atoms with van der Waals surface area (Å²) in [6.45, 7) is 0. The highest BCUT2D eigenvalue weighted by molar-refractivity contribution is 6.35. The quantitative estimate of drug-likeness (QED) is 0.392. The Hall–Kier alpha value is -3.57. The van der Waals surface area contributed by atoms with Crippen LogP contribution in [0.5, 0.6) is 0 Å². The van der Waals surface area contributed by atoms with E-state index in [1.54, 1.807) is 12.3 Å². The zero-order valence-electron chi connectivity index (χ0n) is 15.0. The highest BCUT2D eigenvalue weighted by Gasteiger charge is 2.15. The highest BCUT2D eigenvalue weighted by atomic mass is 35.5. The van der Waals surface area contributed by atoms with Crippen LogP contribution in [-0.4, -0.2) is 15.0 Å². The summed E-state index contributed by atoms with van der Waals surface area (Å²) in [5, 5.41) is 1.69. The van der Waals surface area contributed by atoms with Crippen molar-refractivity contribution in [1.82, 2.24) is 15.0 Å². The van der Waals surface area contributed by atoms with E-state index in [1.807, 2.05) is 54.6 Å². The molecule has 0 amide bonds. The molecule has 5 aromatic rings. The summed E-state index contributed by atoms with van der Waals surface area (Å²) < 4.78 is 13.8. The van der Waals surface area contributed by atoms with Crippen LogP contribution in [0.1, 0.15) is 0 Å². The molecule has 1 N–H and O–H groups in total. The second-order valence-electron chi connectivity index (χ2n) is 6.66. The Morgan fingerprint density at radius 1 is 0.931 bits per heavy atom. The summed E-state index contributed by atoms with van der Waals surface area (Å²) >= 11 is 6.48. The van der Waals surface area contributed by atoms with Crippen molar-refractivity contribution in [1.29, 1.82) is 0 Å². The lowest BCUT2D eigenvalue weighted by Crippen LogP contribution is -2.06. The monoisotopic (exact) mass is 401 g/mol. The molecule has 0 aliphatic heterocycles. The van der Waals surface area contributed by atoms with Crippen LogP contribution in [0.15, 0.2) is 77.7 Å². The molecule has 29 heavy (non-hydrogen) atoms. The van der Waals surface area contributed by atoms with Crippen molar-refractivity contribution >= 4 is 33.5 Å². The number of hydrogen-bond acceptors (Lipinski definition) is 3. The summed E-state index contributed by atoms with van der Waals surface area (Å²) in [6, 6.07) is 19.7. The summed E-state index contributed by atoms with van der Waals surface area (Å²) in [6.07, 6.45) is 1.69. The normalized spacial score (nSPS) is 11.2. The third-order valence-corrected chi connectivity index (χ3v) is 5.09. The molecule has 0 atom stereocenters. The van der Waals surface area contributed by atoms with Gasteiger partial charge in [0.05, 0.1) is 21.6 Å². The Bertz CT molecular complexity index is 1450. The third kappa shape index (κ3) is 3.05. The smallest absolute Gasteiger partial charge is 0.196 e. The Morgan fingerprint density at radius 3 is 2.59 bits per heavy atom. The van der Waals surface area contributed by atoms with E-state index in [2.05, 4.69) is 15.0 Å². The molecule has 0 spiro atoms. The molecule has 5 rings (SSSR count). The fourth-order valence-electron chi connectivity index (χ4n) is 3.48. The van der Waals surface area contributed by atoms with Crippen LogP contribution in [0.2, 0.25) is 5.02 Å². The maximum absolute atomic E-state index is 13.8. The van der Waals surface area contributed by atoms with Crippen molar-refractivity contribution < 1.29 is 4.39 Å². The Morgan fingerprint density at radius 2 is 1.76 bits per heavy atom. The number of pyridine rings is 3. The number of benzene rings is 2. The Balaban J connectivity index is 1.88. The van der Waals surface area contributed by atoms with Crippen LogP contribution >= 0.6 is 11.6 Å². The zero-order chi connectivity index (χ0) is 20.0. The van der Waals surface area contributed by atoms with Crippen LogP contribution < -0.4 is 5.43 Å². The zero-order valence-corrected chi connectivity index (χ0v) is 15.7.